The van der Waals surface area contributed by atoms with Gasteiger partial charge in [0.2, 0.25) is 0 Å². The summed E-state index contributed by atoms with van der Waals surface area (Å²) in [5, 5.41) is 9.48. The van der Waals surface area contributed by atoms with Crippen LogP contribution in [0.4, 0.5) is 0 Å². The third kappa shape index (κ3) is 5.76. The van der Waals surface area contributed by atoms with Crippen LogP contribution in [0.5, 0.6) is 0 Å². The summed E-state index contributed by atoms with van der Waals surface area (Å²) in [6.07, 6.45) is 3.61. The van der Waals surface area contributed by atoms with E-state index in [1.807, 2.05) is 6.20 Å². The average molecular weight is 449 g/mol. The Morgan fingerprint density at radius 3 is 2.73 bits per heavy atom. The molecular weight excluding hydrogens is 363 g/mol. The quantitative estimate of drug-likeness (QED) is 0.349. The van der Waals surface area contributed by atoms with Crippen molar-refractivity contribution in [3.05, 3.63) is 23.0 Å². The molecule has 1 unspecified atom stereocenters. The number of fused-ring (bicyclic) bond motifs is 1. The first kappa shape index (κ1) is 23.1. The maximum atomic E-state index is 12.3. The molecule has 0 amide bonds. The zero-order valence-electron chi connectivity index (χ0n) is 36.5. The summed E-state index contributed by atoms with van der Waals surface area (Å²) in [6, 6.07) is 2.17. The van der Waals surface area contributed by atoms with Gasteiger partial charge in [-0.3, -0.25) is 14.4 Å². The molecule has 0 spiro atoms. The number of esters is 2. The number of ether oxygens (including phenoxy) is 2. The van der Waals surface area contributed by atoms with Crippen molar-refractivity contribution in [1.29, 1.82) is 5.26 Å². The normalized spacial score (nSPS) is 15.2. The van der Waals surface area contributed by atoms with Crippen molar-refractivity contribution in [2.24, 2.45) is 5.92 Å². The minimum atomic E-state index is -0.505. The molecule has 1 aliphatic carbocycles. The van der Waals surface area contributed by atoms with Crippen molar-refractivity contribution >= 4 is 17.7 Å². The molecule has 7 nitrogen and oxygen atoms in total. The number of aryl methyl sites for hydroxylation is 2. The summed E-state index contributed by atoms with van der Waals surface area (Å²) in [5.74, 6) is -1.26. The van der Waals surface area contributed by atoms with Crippen LogP contribution >= 0.6 is 0 Å². The van der Waals surface area contributed by atoms with E-state index in [1.54, 1.807) is 11.5 Å². The molecule has 0 saturated heterocycles. The van der Waals surface area contributed by atoms with Crippen LogP contribution in [0, 0.1) is 17.2 Å². The number of nitriles is 1. The van der Waals surface area contributed by atoms with Gasteiger partial charge in [0.05, 0.1) is 20.1 Å². The Bertz CT molecular complexity index is 767. The molecular formula is C18H43KN2O5-20. The van der Waals surface area contributed by atoms with E-state index in [9.17, 15) is 19.6 Å². The van der Waals surface area contributed by atoms with Crippen LogP contribution in [0.25, 0.3) is 0 Å². The second-order valence-corrected chi connectivity index (χ2v) is 6.00. The maximum absolute atomic E-state index is 12.3. The van der Waals surface area contributed by atoms with Gasteiger partial charge >= 0.3 is 63.3 Å². The molecule has 0 bridgehead atoms. The van der Waals surface area contributed by atoms with Crippen LogP contribution in [0.1, 0.15) is 73.0 Å². The minimum Gasteiger partial charge on any atom is -1.00 e. The Hall–Kier alpha value is -0.984. The molecule has 8 heteroatoms. The molecule has 1 aliphatic rings. The van der Waals surface area contributed by atoms with Gasteiger partial charge in [-0.2, -0.15) is 5.26 Å². The molecule has 2 rings (SSSR count). The van der Waals surface area contributed by atoms with Crippen LogP contribution in [0.15, 0.2) is 6.20 Å². The summed E-state index contributed by atoms with van der Waals surface area (Å²) in [5.41, 5.74) is 2.36. The van der Waals surface area contributed by atoms with E-state index in [0.717, 1.165) is 11.1 Å². The summed E-state index contributed by atoms with van der Waals surface area (Å²) in [7, 11) is 1.33. The van der Waals surface area contributed by atoms with Crippen LogP contribution in [0.3, 0.4) is 0 Å². The van der Waals surface area contributed by atoms with Crippen LogP contribution < -0.4 is 51.4 Å². The van der Waals surface area contributed by atoms with Gasteiger partial charge in [0.25, 0.3) is 0 Å². The van der Waals surface area contributed by atoms with Crippen molar-refractivity contribution in [3.63, 3.8) is 0 Å². The second kappa shape index (κ2) is 11.0. The number of methoxy groups -OCH3 is 1. The van der Waals surface area contributed by atoms with Crippen molar-refractivity contribution in [2.75, 3.05) is 13.7 Å². The van der Waals surface area contributed by atoms with Gasteiger partial charge < -0.3 is 44.0 Å². The summed E-state index contributed by atoms with van der Waals surface area (Å²) < 4.78 is 11.2. The predicted molar refractivity (Wildman–Crippen MR) is 111 cm³/mol. The van der Waals surface area contributed by atoms with Gasteiger partial charge in [-0.05, 0) is 37.3 Å². The van der Waals surface area contributed by atoms with Gasteiger partial charge in [0.1, 0.15) is 24.0 Å². The predicted octanol–water partition coefficient (Wildman–Crippen LogP) is 0.917. The number of carbonyl (C=O) groups excluding carboxylic acids is 3. The molecule has 176 valence electrons. The standard InChI is InChI=1S/C18H22N2O5.K.21H/c1-3-25-18(23)9-16(21)12-4-5-13-11-20(7-6-17(22)24-2)15(10-19)14(13)8-12;;;;;;;;;;;;;;;;;;;;;;/h11-12H,3-9H2,1-2H3;;;;;;;;;;;;;;;;;;;;;;/q;+1;21*-1/i;;21*1+2. The summed E-state index contributed by atoms with van der Waals surface area (Å²) >= 11 is 0. The first-order valence-corrected chi connectivity index (χ1v) is 8.36. The van der Waals surface area contributed by atoms with Crippen molar-refractivity contribution in [2.45, 2.75) is 45.6 Å². The second-order valence-electron chi connectivity index (χ2n) is 6.00. The molecule has 0 fully saturated rings. The fourth-order valence-electron chi connectivity index (χ4n) is 3.17. The van der Waals surface area contributed by atoms with Crippen LogP contribution in [-0.4, -0.2) is 36.0 Å². The SMILES string of the molecule is CCOC(=O)CC(=O)C1CCc2cn(CCC(=O)OC)c(C#N)c2C1.[3H-].[3H-].[3H-].[3H-].[3H-].[3H-].[3H-].[3H-].[3H-].[3H-].[3H-].[3H-].[3H-].[3H-].[3H-].[3H-].[3H-].[3H-].[3H-].[3H-].[3H-].[K+]. The number of hydrogen-bond donors (Lipinski definition) is 0. The fourth-order valence-corrected chi connectivity index (χ4v) is 3.17. The number of carbonyl (C=O) groups is 3. The van der Waals surface area contributed by atoms with Crippen molar-refractivity contribution < 1.29 is 105 Å². The van der Waals surface area contributed by atoms with Crippen molar-refractivity contribution in [3.8, 4) is 6.07 Å². The third-order valence-electron chi connectivity index (χ3n) is 4.45. The van der Waals surface area contributed by atoms with Crippen LogP contribution in [0.2, 0.25) is 0 Å². The van der Waals surface area contributed by atoms with E-state index in [2.05, 4.69) is 10.8 Å². The molecule has 0 saturated carbocycles. The zero-order valence-corrected chi connectivity index (χ0v) is 18.7. The number of rotatable bonds is 7. The topological polar surface area (TPSA) is 98.4 Å². The number of nitrogens with zero attached hydrogens (tertiary/aromatic N) is 2. The Labute approximate surface area is 226 Å². The van der Waals surface area contributed by atoms with Crippen molar-refractivity contribution in [1.82, 2.24) is 4.57 Å². The number of hydrogen-bond acceptors (Lipinski definition) is 6. The van der Waals surface area contributed by atoms with Gasteiger partial charge in [-0.15, -0.1) is 0 Å². The summed E-state index contributed by atoms with van der Waals surface area (Å²) in [4.78, 5) is 35.1. The molecule has 0 aliphatic heterocycles. The number of Topliss-reactive ketones (excluding diaryl/α,β-unsaturated/α-hetero) is 1. The maximum Gasteiger partial charge on any atom is 1.00 e. The first-order valence-electron chi connectivity index (χ1n) is 8.36. The minimum absolute atomic E-state index is 0. The van der Waals surface area contributed by atoms with Crippen LogP contribution in [-0.2, 0) is 43.2 Å². The third-order valence-corrected chi connectivity index (χ3v) is 4.45. The van der Waals surface area contributed by atoms with Gasteiger partial charge in [-0.1, -0.05) is 0 Å². The Morgan fingerprint density at radius 1 is 1.38 bits per heavy atom. The molecule has 1 aromatic rings. The Morgan fingerprint density at radius 2 is 2.12 bits per heavy atom. The average Bonchev–Trinajstić information content (AvgIpc) is 2.96. The molecule has 1 aromatic heterocycles. The molecule has 1 heterocycles. The monoisotopic (exact) mass is 448 g/mol. The molecule has 0 aromatic carbocycles. The smallest absolute Gasteiger partial charge is 1.00 e. The number of aromatic nitrogens is 1. The molecule has 0 N–H and O–H groups in total. The van der Waals surface area contributed by atoms with E-state index in [1.165, 1.54) is 7.11 Å². The zero-order chi connectivity index (χ0) is 18.4. The van der Waals surface area contributed by atoms with Gasteiger partial charge in [0, 0.05) is 18.7 Å². The Balaban J connectivity index is -0.0000000162. The van der Waals surface area contributed by atoms with E-state index >= 15 is 0 Å². The molecule has 26 heavy (non-hydrogen) atoms. The van der Waals surface area contributed by atoms with E-state index in [-0.39, 0.29) is 118 Å². The van der Waals surface area contributed by atoms with E-state index in [0.29, 0.717) is 31.5 Å². The van der Waals surface area contributed by atoms with Gasteiger partial charge in [0.15, 0.2) is 0 Å². The molecule has 0 radical (unpaired) electrons. The Kier molecular flexibility index (Phi) is 9.75. The number of ketones is 1. The van der Waals surface area contributed by atoms with Gasteiger partial charge in [-0.25, -0.2) is 0 Å². The van der Waals surface area contributed by atoms with E-state index < -0.39 is 5.97 Å². The fraction of sp³-hybridized carbons (Fsp3) is 0.556. The largest absolute Gasteiger partial charge is 1.00 e. The summed E-state index contributed by atoms with van der Waals surface area (Å²) in [6.45, 7) is 2.32. The first-order chi connectivity index (χ1) is 12.0. The van der Waals surface area contributed by atoms with E-state index in [4.69, 9.17) is 4.74 Å². The molecule has 1 atom stereocenters.